The lowest BCUT2D eigenvalue weighted by Gasteiger charge is -2.15. The summed E-state index contributed by atoms with van der Waals surface area (Å²) in [6.45, 7) is -0.588. The molecule has 0 aromatic heterocycles. The fourth-order valence-corrected chi connectivity index (χ4v) is 2.81. The molecule has 0 saturated heterocycles. The van der Waals surface area contributed by atoms with E-state index in [4.69, 9.17) is 22.8 Å². The van der Waals surface area contributed by atoms with E-state index in [1.807, 2.05) is 30.3 Å². The summed E-state index contributed by atoms with van der Waals surface area (Å²) in [5.74, 6) is 1.63. The molecule has 27 heavy (non-hydrogen) atoms. The van der Waals surface area contributed by atoms with Crippen LogP contribution in [0.25, 0.3) is 0 Å². The number of nitrogens with one attached hydrogen (secondary N) is 1. The van der Waals surface area contributed by atoms with Gasteiger partial charge < -0.3 is 10.1 Å². The number of ether oxygens (including phenoxy) is 1. The van der Waals surface area contributed by atoms with Gasteiger partial charge in [-0.2, -0.15) is 0 Å². The highest BCUT2D eigenvalue weighted by Gasteiger charge is 2.14. The highest BCUT2D eigenvalue weighted by Crippen LogP contribution is 2.21. The van der Waals surface area contributed by atoms with Crippen molar-refractivity contribution >= 4 is 17.7 Å². The van der Waals surface area contributed by atoms with Crippen molar-refractivity contribution in [2.75, 3.05) is 6.67 Å². The zero-order chi connectivity index (χ0) is 19.6. The van der Waals surface area contributed by atoms with Gasteiger partial charge in [0.05, 0.1) is 16.6 Å². The van der Waals surface area contributed by atoms with Gasteiger partial charge in [0.1, 0.15) is 13.3 Å². The van der Waals surface area contributed by atoms with Crippen molar-refractivity contribution in [1.29, 1.82) is 0 Å². The molecule has 0 aliphatic heterocycles. The summed E-state index contributed by atoms with van der Waals surface area (Å²) in [5.41, 5.74) is 1.71. The summed E-state index contributed by atoms with van der Waals surface area (Å²) < 4.78 is 31.9. The molecular weight excluding hydrogens is 372 g/mol. The Morgan fingerprint density at radius 1 is 1.26 bits per heavy atom. The Labute approximate surface area is 162 Å². The van der Waals surface area contributed by atoms with E-state index < -0.39 is 24.6 Å². The Hall–Kier alpha value is -2.58. The van der Waals surface area contributed by atoms with Crippen LogP contribution < -0.4 is 5.32 Å². The second-order valence-electron chi connectivity index (χ2n) is 6.03. The molecule has 6 heteroatoms. The summed E-state index contributed by atoms with van der Waals surface area (Å²) in [5, 5.41) is 2.47. The van der Waals surface area contributed by atoms with E-state index in [-0.39, 0.29) is 17.2 Å². The fraction of sp³-hybridized carbons (Fsp3) is 0.286. The average Bonchev–Trinajstić information content (AvgIpc) is 2.68. The molecule has 3 nitrogen and oxygen atoms in total. The van der Waals surface area contributed by atoms with Crippen molar-refractivity contribution in [2.24, 2.45) is 0 Å². The van der Waals surface area contributed by atoms with E-state index in [9.17, 15) is 13.6 Å². The Balaban J connectivity index is 1.79. The van der Waals surface area contributed by atoms with Crippen LogP contribution in [0.15, 0.2) is 42.5 Å². The monoisotopic (exact) mass is 391 g/mol. The minimum Gasteiger partial charge on any atom is -0.445 e. The first kappa shape index (κ1) is 20.7. The molecule has 2 aromatic carbocycles. The van der Waals surface area contributed by atoms with E-state index in [2.05, 4.69) is 11.2 Å². The van der Waals surface area contributed by atoms with E-state index >= 15 is 0 Å². The standard InChI is InChI=1S/C21H20ClF2NO2/c1-2-17-11-16(12-19(22)20(17)24)9-6-10-18(13-23)25-21(26)27-14-15-7-4-3-5-8-15/h1,3-5,7-8,11-12,18H,6,9-10,13-14H2,(H,25,26)/t18-/m1/s1. The molecule has 0 radical (unpaired) electrons. The Morgan fingerprint density at radius 3 is 2.67 bits per heavy atom. The average molecular weight is 392 g/mol. The summed E-state index contributed by atoms with van der Waals surface area (Å²) in [7, 11) is 0. The highest BCUT2D eigenvalue weighted by molar-refractivity contribution is 6.30. The van der Waals surface area contributed by atoms with Crippen molar-refractivity contribution in [3.05, 3.63) is 70.0 Å². The first-order chi connectivity index (χ1) is 13.0. The number of hydrogen-bond donors (Lipinski definition) is 1. The molecule has 2 rings (SSSR count). The van der Waals surface area contributed by atoms with Crippen LogP contribution in [-0.4, -0.2) is 18.8 Å². The normalized spacial score (nSPS) is 11.5. The number of rotatable bonds is 8. The van der Waals surface area contributed by atoms with Gasteiger partial charge in [0, 0.05) is 0 Å². The van der Waals surface area contributed by atoms with Crippen LogP contribution in [0.2, 0.25) is 5.02 Å². The quantitative estimate of drug-likeness (QED) is 0.639. The molecular formula is C21H20ClF2NO2. The van der Waals surface area contributed by atoms with Gasteiger partial charge in [0.15, 0.2) is 5.82 Å². The molecule has 0 saturated carbocycles. The number of aryl methyl sites for hydroxylation is 1. The van der Waals surface area contributed by atoms with Gasteiger partial charge in [-0.1, -0.05) is 47.9 Å². The lowest BCUT2D eigenvalue weighted by molar-refractivity contribution is 0.133. The Kier molecular flexibility index (Phi) is 8.09. The predicted octanol–water partition coefficient (Wildman–Crippen LogP) is 5.05. The summed E-state index contributed by atoms with van der Waals surface area (Å²) >= 11 is 5.82. The van der Waals surface area contributed by atoms with Crippen LogP contribution in [0.1, 0.15) is 29.5 Å². The first-order valence-corrected chi connectivity index (χ1v) is 8.89. The van der Waals surface area contributed by atoms with Crippen LogP contribution in [0, 0.1) is 18.2 Å². The number of carbonyl (C=O) groups excluding carboxylic acids is 1. The number of alkyl halides is 1. The number of benzene rings is 2. The topological polar surface area (TPSA) is 38.3 Å². The second-order valence-corrected chi connectivity index (χ2v) is 6.44. The van der Waals surface area contributed by atoms with Crippen LogP contribution >= 0.6 is 11.6 Å². The molecule has 0 unspecified atom stereocenters. The van der Waals surface area contributed by atoms with Crippen LogP contribution in [-0.2, 0) is 17.8 Å². The third-order valence-electron chi connectivity index (χ3n) is 3.98. The molecule has 1 atom stereocenters. The molecule has 1 amide bonds. The third-order valence-corrected chi connectivity index (χ3v) is 4.26. The zero-order valence-electron chi connectivity index (χ0n) is 14.7. The van der Waals surface area contributed by atoms with Crippen LogP contribution in [0.3, 0.4) is 0 Å². The molecule has 142 valence electrons. The van der Waals surface area contributed by atoms with E-state index in [0.29, 0.717) is 19.3 Å². The minimum absolute atomic E-state index is 0.0369. The van der Waals surface area contributed by atoms with E-state index in [0.717, 1.165) is 11.1 Å². The van der Waals surface area contributed by atoms with Crippen molar-refractivity contribution in [3.63, 3.8) is 0 Å². The summed E-state index contributed by atoms with van der Waals surface area (Å²) in [6.07, 6.45) is 6.09. The lowest BCUT2D eigenvalue weighted by atomic mass is 10.0. The maximum atomic E-state index is 13.6. The minimum atomic E-state index is -0.708. The van der Waals surface area contributed by atoms with Gasteiger partial charge in [-0.3, -0.25) is 0 Å². The molecule has 0 heterocycles. The largest absolute Gasteiger partial charge is 0.445 e. The Morgan fingerprint density at radius 2 is 2.00 bits per heavy atom. The maximum absolute atomic E-state index is 13.6. The van der Waals surface area contributed by atoms with Gasteiger partial charge in [0.25, 0.3) is 0 Å². The van der Waals surface area contributed by atoms with Crippen molar-refractivity contribution < 1.29 is 18.3 Å². The SMILES string of the molecule is C#Cc1cc(CCC[C@H](CF)NC(=O)OCc2ccccc2)cc(Cl)c1F. The van der Waals surface area contributed by atoms with Crippen LogP contribution in [0.4, 0.5) is 13.6 Å². The zero-order valence-corrected chi connectivity index (χ0v) is 15.4. The number of alkyl carbamates (subject to hydrolysis) is 1. The van der Waals surface area contributed by atoms with E-state index in [1.54, 1.807) is 6.07 Å². The Bertz CT molecular complexity index is 806. The molecule has 0 aliphatic rings. The third kappa shape index (κ3) is 6.58. The van der Waals surface area contributed by atoms with E-state index in [1.165, 1.54) is 6.07 Å². The van der Waals surface area contributed by atoms with Crippen molar-refractivity contribution in [2.45, 2.75) is 31.9 Å². The van der Waals surface area contributed by atoms with Gasteiger partial charge in [-0.25, -0.2) is 13.6 Å². The molecule has 0 aliphatic carbocycles. The second kappa shape index (κ2) is 10.5. The predicted molar refractivity (Wildman–Crippen MR) is 102 cm³/mol. The number of carbonyl (C=O) groups is 1. The van der Waals surface area contributed by atoms with Gasteiger partial charge in [0.2, 0.25) is 0 Å². The maximum Gasteiger partial charge on any atom is 0.407 e. The van der Waals surface area contributed by atoms with Gasteiger partial charge >= 0.3 is 6.09 Å². The van der Waals surface area contributed by atoms with Gasteiger partial charge in [-0.05, 0) is 42.5 Å². The fourth-order valence-electron chi connectivity index (χ4n) is 2.57. The van der Waals surface area contributed by atoms with Crippen molar-refractivity contribution in [1.82, 2.24) is 5.32 Å². The number of halogens is 3. The molecule has 2 aromatic rings. The number of hydrogen-bond acceptors (Lipinski definition) is 2. The highest BCUT2D eigenvalue weighted by atomic mass is 35.5. The van der Waals surface area contributed by atoms with Gasteiger partial charge in [-0.15, -0.1) is 6.42 Å². The molecule has 0 fully saturated rings. The molecule has 0 spiro atoms. The molecule has 0 bridgehead atoms. The molecule has 1 N–H and O–H groups in total. The first-order valence-electron chi connectivity index (χ1n) is 8.51. The number of terminal acetylenes is 1. The summed E-state index contributed by atoms with van der Waals surface area (Å²) in [4.78, 5) is 11.8. The smallest absolute Gasteiger partial charge is 0.407 e. The lowest BCUT2D eigenvalue weighted by Crippen LogP contribution is -2.36. The number of amides is 1. The van der Waals surface area contributed by atoms with Crippen molar-refractivity contribution in [3.8, 4) is 12.3 Å². The summed E-state index contributed by atoms with van der Waals surface area (Å²) in [6, 6.07) is 11.6. The van der Waals surface area contributed by atoms with Crippen LogP contribution in [0.5, 0.6) is 0 Å².